The number of aryl methyl sites for hydroxylation is 1. The minimum Gasteiger partial charge on any atom is -0.0613 e. The average molecular weight is 266 g/mol. The van der Waals surface area contributed by atoms with E-state index in [1.807, 2.05) is 0 Å². The topological polar surface area (TPSA) is 0 Å². The highest BCUT2D eigenvalue weighted by Crippen LogP contribution is 2.49. The molecular formula is C21H14. The van der Waals surface area contributed by atoms with Crippen molar-refractivity contribution in [1.29, 1.82) is 0 Å². The molecule has 0 amide bonds. The van der Waals surface area contributed by atoms with Crippen molar-refractivity contribution in [3.05, 3.63) is 70.3 Å². The summed E-state index contributed by atoms with van der Waals surface area (Å²) in [5.74, 6) is 0. The van der Waals surface area contributed by atoms with Crippen molar-refractivity contribution in [2.24, 2.45) is 0 Å². The van der Waals surface area contributed by atoms with E-state index in [9.17, 15) is 0 Å². The second-order valence-electron chi connectivity index (χ2n) is 6.62. The van der Waals surface area contributed by atoms with Gasteiger partial charge in [0, 0.05) is 0 Å². The molecule has 0 saturated heterocycles. The van der Waals surface area contributed by atoms with Crippen LogP contribution >= 0.6 is 0 Å². The van der Waals surface area contributed by atoms with E-state index < -0.39 is 0 Å². The maximum Gasteiger partial charge on any atom is -0.00130 e. The molecule has 0 nitrogen and oxygen atoms in total. The van der Waals surface area contributed by atoms with Gasteiger partial charge in [-0.05, 0) is 79.9 Å². The van der Waals surface area contributed by atoms with Gasteiger partial charge in [0.2, 0.25) is 0 Å². The summed E-state index contributed by atoms with van der Waals surface area (Å²) in [6.45, 7) is 2.26. The lowest BCUT2D eigenvalue weighted by atomic mass is 9.92. The van der Waals surface area contributed by atoms with Gasteiger partial charge in [-0.25, -0.2) is 0 Å². The molecule has 0 unspecified atom stereocenters. The number of hydrogen-bond acceptors (Lipinski definition) is 0. The van der Waals surface area contributed by atoms with Crippen molar-refractivity contribution < 1.29 is 0 Å². The zero-order chi connectivity index (χ0) is 13.7. The SMILES string of the molecule is Cc1ccc2c3c1c1cccc4c1c1c(ccc(c31)C2)C4. The Bertz CT molecular complexity index is 1090. The molecule has 0 radical (unpaired) electrons. The van der Waals surface area contributed by atoms with Crippen molar-refractivity contribution in [2.75, 3.05) is 0 Å². The number of benzene rings is 4. The third-order valence-electron chi connectivity index (χ3n) is 5.56. The van der Waals surface area contributed by atoms with Crippen LogP contribution in [-0.2, 0) is 12.8 Å². The second-order valence-corrected chi connectivity index (χ2v) is 6.62. The minimum atomic E-state index is 1.11. The highest BCUT2D eigenvalue weighted by molar-refractivity contribution is 6.31. The molecule has 0 atom stereocenters. The molecular weight excluding hydrogens is 252 g/mol. The van der Waals surface area contributed by atoms with E-state index in [1.165, 1.54) is 49.4 Å². The first-order valence-corrected chi connectivity index (χ1v) is 7.73. The van der Waals surface area contributed by atoms with Crippen LogP contribution in [0.5, 0.6) is 0 Å². The smallest absolute Gasteiger partial charge is 0.00130 e. The Morgan fingerprint density at radius 2 is 1.14 bits per heavy atom. The Hall–Kier alpha value is -2.34. The molecule has 0 heterocycles. The maximum atomic E-state index is 2.37. The lowest BCUT2D eigenvalue weighted by Crippen LogP contribution is -1.86. The zero-order valence-corrected chi connectivity index (χ0v) is 12.0. The second kappa shape index (κ2) is 3.12. The van der Waals surface area contributed by atoms with E-state index in [-0.39, 0.29) is 0 Å². The van der Waals surface area contributed by atoms with Crippen LogP contribution in [0.3, 0.4) is 0 Å². The van der Waals surface area contributed by atoms with Crippen molar-refractivity contribution in [3.63, 3.8) is 0 Å². The lowest BCUT2D eigenvalue weighted by molar-refractivity contribution is 1.24. The van der Waals surface area contributed by atoms with Gasteiger partial charge >= 0.3 is 0 Å². The molecule has 21 heavy (non-hydrogen) atoms. The molecule has 2 aliphatic carbocycles. The third-order valence-corrected chi connectivity index (χ3v) is 5.56. The third kappa shape index (κ3) is 1.00. The number of hydrogen-bond donors (Lipinski definition) is 0. The Balaban J connectivity index is 2.14. The molecule has 0 heteroatoms. The van der Waals surface area contributed by atoms with Gasteiger partial charge in [-0.2, -0.15) is 0 Å². The fourth-order valence-corrected chi connectivity index (χ4v) is 4.75. The highest BCUT2D eigenvalue weighted by atomic mass is 14.3. The van der Waals surface area contributed by atoms with Gasteiger partial charge in [0.1, 0.15) is 0 Å². The molecule has 0 spiro atoms. The van der Waals surface area contributed by atoms with Gasteiger partial charge in [0.05, 0.1) is 0 Å². The summed E-state index contributed by atoms with van der Waals surface area (Å²) in [5, 5.41) is 9.13. The molecule has 0 fully saturated rings. The van der Waals surface area contributed by atoms with Crippen LogP contribution in [0.25, 0.3) is 32.3 Å². The summed E-state index contributed by atoms with van der Waals surface area (Å²) >= 11 is 0. The number of fused-ring (bicyclic) bond motifs is 1. The zero-order valence-electron chi connectivity index (χ0n) is 12.0. The average Bonchev–Trinajstić information content (AvgIpc) is 3.05. The monoisotopic (exact) mass is 266 g/mol. The largest absolute Gasteiger partial charge is 0.0613 e. The maximum absolute atomic E-state index is 2.37. The first-order chi connectivity index (χ1) is 10.3. The van der Waals surface area contributed by atoms with Crippen molar-refractivity contribution in [1.82, 2.24) is 0 Å². The van der Waals surface area contributed by atoms with Crippen LogP contribution in [0, 0.1) is 6.92 Å². The van der Waals surface area contributed by atoms with E-state index >= 15 is 0 Å². The van der Waals surface area contributed by atoms with Gasteiger partial charge in [0.15, 0.2) is 0 Å². The van der Waals surface area contributed by atoms with Crippen LogP contribution < -0.4 is 0 Å². The van der Waals surface area contributed by atoms with E-state index in [1.54, 1.807) is 10.8 Å². The summed E-state index contributed by atoms with van der Waals surface area (Å²) in [6.07, 6.45) is 2.21. The Labute approximate surface area is 123 Å². The fourth-order valence-electron chi connectivity index (χ4n) is 4.75. The van der Waals surface area contributed by atoms with Gasteiger partial charge in [0.25, 0.3) is 0 Å². The molecule has 4 aromatic rings. The molecule has 2 aliphatic rings. The summed E-state index contributed by atoms with van der Waals surface area (Å²) in [7, 11) is 0. The predicted molar refractivity (Wildman–Crippen MR) is 89.3 cm³/mol. The Morgan fingerprint density at radius 3 is 1.90 bits per heavy atom. The highest BCUT2D eigenvalue weighted by Gasteiger charge is 2.26. The predicted octanol–water partition coefficient (Wildman–Crippen LogP) is 5.26. The summed E-state index contributed by atoms with van der Waals surface area (Å²) < 4.78 is 0. The summed E-state index contributed by atoms with van der Waals surface area (Å²) in [6, 6.07) is 16.2. The molecule has 0 saturated carbocycles. The van der Waals surface area contributed by atoms with Crippen LogP contribution in [-0.4, -0.2) is 0 Å². The normalized spacial score (nSPS) is 14.5. The van der Waals surface area contributed by atoms with Gasteiger partial charge < -0.3 is 0 Å². The Morgan fingerprint density at radius 1 is 0.571 bits per heavy atom. The van der Waals surface area contributed by atoms with Crippen molar-refractivity contribution >= 4 is 32.3 Å². The van der Waals surface area contributed by atoms with Crippen LogP contribution in [0.1, 0.15) is 27.8 Å². The molecule has 0 aliphatic heterocycles. The number of rotatable bonds is 0. The van der Waals surface area contributed by atoms with Gasteiger partial charge in [-0.15, -0.1) is 0 Å². The molecule has 0 bridgehead atoms. The van der Waals surface area contributed by atoms with E-state index in [0.717, 1.165) is 12.8 Å². The molecule has 6 rings (SSSR count). The van der Waals surface area contributed by atoms with Crippen LogP contribution in [0.15, 0.2) is 42.5 Å². The molecule has 0 N–H and O–H groups in total. The first kappa shape index (κ1) is 10.4. The Kier molecular flexibility index (Phi) is 1.54. The van der Waals surface area contributed by atoms with E-state index in [0.29, 0.717) is 0 Å². The summed E-state index contributed by atoms with van der Waals surface area (Å²) in [4.78, 5) is 0. The quantitative estimate of drug-likeness (QED) is 0.329. The van der Waals surface area contributed by atoms with Crippen molar-refractivity contribution in [2.45, 2.75) is 19.8 Å². The fraction of sp³-hybridized carbons (Fsp3) is 0.143. The van der Waals surface area contributed by atoms with Gasteiger partial charge in [-0.3, -0.25) is 0 Å². The summed E-state index contributed by atoms with van der Waals surface area (Å²) in [5.41, 5.74) is 7.49. The molecule has 98 valence electrons. The van der Waals surface area contributed by atoms with Crippen LogP contribution in [0.4, 0.5) is 0 Å². The first-order valence-electron chi connectivity index (χ1n) is 7.73. The molecule has 4 aromatic carbocycles. The van der Waals surface area contributed by atoms with E-state index in [2.05, 4.69) is 49.4 Å². The van der Waals surface area contributed by atoms with Gasteiger partial charge in [-0.1, -0.05) is 42.5 Å². The van der Waals surface area contributed by atoms with Crippen LogP contribution in [0.2, 0.25) is 0 Å². The van der Waals surface area contributed by atoms with E-state index in [4.69, 9.17) is 0 Å². The lowest BCUT2D eigenvalue weighted by Gasteiger charge is -2.11. The minimum absolute atomic E-state index is 1.11. The standard InChI is InChI=1S/C21H14/c1-11-5-6-13-10-15-8-7-14-9-12-3-2-4-16-17(11)19(13)21(15)20(14)18(12)16/h2-8H,9-10H2,1H3. The molecule has 0 aromatic heterocycles. The van der Waals surface area contributed by atoms with Crippen molar-refractivity contribution in [3.8, 4) is 0 Å².